The fourth-order valence-electron chi connectivity index (χ4n) is 7.67. The number of para-hydroxylation sites is 1. The summed E-state index contributed by atoms with van der Waals surface area (Å²) in [5.74, 6) is 2.01. The molecule has 2 aliphatic rings. The van der Waals surface area contributed by atoms with Crippen LogP contribution in [0.2, 0.25) is 0 Å². The highest BCUT2D eigenvalue weighted by atomic mass is 16.5. The van der Waals surface area contributed by atoms with Crippen LogP contribution in [0.3, 0.4) is 0 Å². The van der Waals surface area contributed by atoms with Crippen molar-refractivity contribution in [1.82, 2.24) is 33.6 Å². The first kappa shape index (κ1) is 29.3. The fraction of sp³-hybridized carbons (Fsp3) is 0.333. The van der Waals surface area contributed by atoms with Crippen molar-refractivity contribution in [3.05, 3.63) is 84.5 Å². The van der Waals surface area contributed by atoms with Crippen LogP contribution in [0.15, 0.2) is 67.3 Å². The highest BCUT2D eigenvalue weighted by Crippen LogP contribution is 2.40. The Balaban J connectivity index is 1.05. The summed E-state index contributed by atoms with van der Waals surface area (Å²) >= 11 is 0. The number of imidazole rings is 1. The molecule has 3 N–H and O–H groups in total. The molecule has 240 valence electrons. The van der Waals surface area contributed by atoms with E-state index in [1.165, 1.54) is 11.5 Å². The second kappa shape index (κ2) is 11.6. The predicted octanol–water partition coefficient (Wildman–Crippen LogP) is 5.59. The molecular weight excluding hydrogens is 590 g/mol. The Morgan fingerprint density at radius 1 is 1.00 bits per heavy atom. The average Bonchev–Trinajstić information content (AvgIpc) is 3.78. The number of nitrogens with zero attached hydrogens (tertiary/aromatic N) is 7. The number of rotatable bonds is 6. The normalized spacial score (nSPS) is 17.3. The summed E-state index contributed by atoms with van der Waals surface area (Å²) in [6.45, 7) is 5.25. The number of fused-ring (bicyclic) bond motifs is 3. The van der Waals surface area contributed by atoms with E-state index in [-0.39, 0.29) is 5.91 Å². The van der Waals surface area contributed by atoms with Crippen LogP contribution in [-0.2, 0) is 20.0 Å². The van der Waals surface area contributed by atoms with E-state index in [1.54, 1.807) is 13.4 Å². The SMILES string of the molecule is COc1cc(-c2cn(C3CCN([C@@H]4CCn5c(C)cnc5C4)CC3)c3ncnc(N)c23)ccc1NC(=O)c1cc2ccccc2n1C. The molecule has 0 radical (unpaired) electrons. The molecule has 0 unspecified atom stereocenters. The molecule has 1 saturated heterocycles. The van der Waals surface area contributed by atoms with Gasteiger partial charge in [-0.2, -0.15) is 0 Å². The van der Waals surface area contributed by atoms with Gasteiger partial charge in [-0.3, -0.25) is 9.69 Å². The zero-order valence-electron chi connectivity index (χ0n) is 27.0. The van der Waals surface area contributed by atoms with Gasteiger partial charge in [0.05, 0.1) is 18.2 Å². The minimum absolute atomic E-state index is 0.205. The molecule has 0 saturated carbocycles. The van der Waals surface area contributed by atoms with E-state index < -0.39 is 0 Å². The molecule has 6 heterocycles. The minimum atomic E-state index is -0.205. The van der Waals surface area contributed by atoms with Gasteiger partial charge in [-0.1, -0.05) is 24.3 Å². The number of nitrogen functional groups attached to an aromatic ring is 1. The van der Waals surface area contributed by atoms with E-state index in [9.17, 15) is 4.79 Å². The quantitative estimate of drug-likeness (QED) is 0.246. The molecule has 0 spiro atoms. The molecule has 6 aromatic rings. The van der Waals surface area contributed by atoms with Crippen LogP contribution in [0.25, 0.3) is 33.1 Å². The number of amides is 1. The molecule has 0 aliphatic carbocycles. The number of anilines is 2. The summed E-state index contributed by atoms with van der Waals surface area (Å²) in [7, 11) is 3.51. The lowest BCUT2D eigenvalue weighted by atomic mass is 9.98. The lowest BCUT2D eigenvalue weighted by Gasteiger charge is -2.39. The van der Waals surface area contributed by atoms with E-state index in [0.29, 0.717) is 35.0 Å². The van der Waals surface area contributed by atoms with Gasteiger partial charge in [0.15, 0.2) is 0 Å². The zero-order valence-corrected chi connectivity index (χ0v) is 27.0. The first-order valence-electron chi connectivity index (χ1n) is 16.3. The Labute approximate surface area is 273 Å². The maximum Gasteiger partial charge on any atom is 0.272 e. The Bertz CT molecular complexity index is 2130. The van der Waals surface area contributed by atoms with Gasteiger partial charge in [0.2, 0.25) is 0 Å². The Morgan fingerprint density at radius 2 is 1.81 bits per heavy atom. The molecule has 11 nitrogen and oxygen atoms in total. The third-order valence-electron chi connectivity index (χ3n) is 10.2. The first-order valence-corrected chi connectivity index (χ1v) is 16.3. The number of methoxy groups -OCH3 is 1. The smallest absolute Gasteiger partial charge is 0.272 e. The number of benzene rings is 2. The number of likely N-dealkylation sites (tertiary alicyclic amines) is 1. The number of aromatic nitrogens is 6. The second-order valence-electron chi connectivity index (χ2n) is 12.8. The zero-order chi connectivity index (χ0) is 32.2. The summed E-state index contributed by atoms with van der Waals surface area (Å²) in [4.78, 5) is 29.8. The highest BCUT2D eigenvalue weighted by Gasteiger charge is 2.31. The van der Waals surface area contributed by atoms with E-state index >= 15 is 0 Å². The third kappa shape index (κ3) is 5.01. The molecule has 0 bridgehead atoms. The van der Waals surface area contributed by atoms with E-state index in [2.05, 4.69) is 42.4 Å². The maximum atomic E-state index is 13.4. The van der Waals surface area contributed by atoms with E-state index in [4.69, 9.17) is 15.5 Å². The summed E-state index contributed by atoms with van der Waals surface area (Å²) < 4.78 is 12.3. The number of piperidine rings is 1. The Kier molecular flexibility index (Phi) is 7.20. The summed E-state index contributed by atoms with van der Waals surface area (Å²) in [6.07, 6.45) is 9.94. The number of carbonyl (C=O) groups is 1. The van der Waals surface area contributed by atoms with Crippen LogP contribution in [0.1, 0.15) is 47.3 Å². The van der Waals surface area contributed by atoms with Crippen molar-refractivity contribution in [3.63, 3.8) is 0 Å². The fourth-order valence-corrected chi connectivity index (χ4v) is 7.67. The van der Waals surface area contributed by atoms with Gasteiger partial charge in [-0.25, -0.2) is 15.0 Å². The molecular formula is C36H39N9O2. The Morgan fingerprint density at radius 3 is 2.62 bits per heavy atom. The van der Waals surface area contributed by atoms with Crippen LogP contribution in [0.4, 0.5) is 11.5 Å². The van der Waals surface area contributed by atoms with Crippen molar-refractivity contribution in [1.29, 1.82) is 0 Å². The second-order valence-corrected chi connectivity index (χ2v) is 12.8. The molecule has 2 aromatic carbocycles. The number of aryl methyl sites for hydroxylation is 2. The first-order chi connectivity index (χ1) is 22.9. The van der Waals surface area contributed by atoms with Gasteiger partial charge in [0, 0.05) is 79.7 Å². The van der Waals surface area contributed by atoms with Gasteiger partial charge >= 0.3 is 0 Å². The molecule has 1 atom stereocenters. The van der Waals surface area contributed by atoms with Crippen LogP contribution in [0.5, 0.6) is 5.75 Å². The maximum absolute atomic E-state index is 13.4. The van der Waals surface area contributed by atoms with Crippen molar-refractivity contribution >= 4 is 39.3 Å². The lowest BCUT2D eigenvalue weighted by Crippen LogP contribution is -2.45. The number of nitrogens with two attached hydrogens (primary N) is 1. The molecule has 1 fully saturated rings. The van der Waals surface area contributed by atoms with Crippen LogP contribution >= 0.6 is 0 Å². The molecule has 47 heavy (non-hydrogen) atoms. The molecule has 11 heteroatoms. The molecule has 1 amide bonds. The van der Waals surface area contributed by atoms with Crippen molar-refractivity contribution in [2.45, 2.75) is 51.2 Å². The average molecular weight is 630 g/mol. The third-order valence-corrected chi connectivity index (χ3v) is 10.2. The molecule has 4 aromatic heterocycles. The number of nitrogens with one attached hydrogen (secondary N) is 1. The van der Waals surface area contributed by atoms with Crippen molar-refractivity contribution < 1.29 is 9.53 Å². The van der Waals surface area contributed by atoms with Crippen LogP contribution < -0.4 is 15.8 Å². The van der Waals surface area contributed by atoms with Crippen LogP contribution in [-0.4, -0.2) is 65.7 Å². The van der Waals surface area contributed by atoms with Gasteiger partial charge in [-0.05, 0) is 56.0 Å². The standard InChI is InChI=1S/C36H39N9O2/c1-22-19-38-32-18-26(12-15-44(22)32)43-13-10-25(11-14-43)45-20-27(33-34(37)39-21-40-35(33)45)23-8-9-28(31(17-23)47-3)41-36(46)30-16-24-6-4-5-7-29(24)42(30)2/h4-9,16-17,19-21,25-26H,10-15,18H2,1-3H3,(H,41,46)(H2,37,39,40)/t26-/m1/s1. The molecule has 2 aliphatic heterocycles. The van der Waals surface area contributed by atoms with Crippen molar-refractivity contribution in [2.75, 3.05) is 31.2 Å². The van der Waals surface area contributed by atoms with Gasteiger partial charge in [-0.15, -0.1) is 0 Å². The topological polar surface area (TPSA) is 121 Å². The van der Waals surface area contributed by atoms with Gasteiger partial charge < -0.3 is 29.5 Å². The number of hydrogen-bond donors (Lipinski definition) is 2. The summed E-state index contributed by atoms with van der Waals surface area (Å²) in [5.41, 5.74) is 12.6. The van der Waals surface area contributed by atoms with Crippen molar-refractivity contribution in [2.24, 2.45) is 7.05 Å². The summed E-state index contributed by atoms with van der Waals surface area (Å²) in [6, 6.07) is 16.5. The molecule has 8 rings (SSSR count). The predicted molar refractivity (Wildman–Crippen MR) is 184 cm³/mol. The van der Waals surface area contributed by atoms with Crippen LogP contribution in [0, 0.1) is 6.92 Å². The highest BCUT2D eigenvalue weighted by molar-refractivity contribution is 6.07. The lowest BCUT2D eigenvalue weighted by molar-refractivity contribution is 0.101. The van der Waals surface area contributed by atoms with E-state index in [1.807, 2.05) is 66.3 Å². The number of carbonyl (C=O) groups excluding carboxylic acids is 1. The largest absolute Gasteiger partial charge is 0.495 e. The van der Waals surface area contributed by atoms with E-state index in [0.717, 1.165) is 78.4 Å². The van der Waals surface area contributed by atoms with Gasteiger partial charge in [0.25, 0.3) is 5.91 Å². The number of hydrogen-bond acceptors (Lipinski definition) is 7. The van der Waals surface area contributed by atoms with Crippen molar-refractivity contribution in [3.8, 4) is 16.9 Å². The number of ether oxygens (including phenoxy) is 1. The summed E-state index contributed by atoms with van der Waals surface area (Å²) in [5, 5.41) is 4.90. The Hall–Kier alpha value is -5.16. The van der Waals surface area contributed by atoms with Gasteiger partial charge in [0.1, 0.15) is 35.1 Å². The monoisotopic (exact) mass is 629 g/mol. The minimum Gasteiger partial charge on any atom is -0.495 e.